The van der Waals surface area contributed by atoms with Crippen LogP contribution in [0.3, 0.4) is 0 Å². The summed E-state index contributed by atoms with van der Waals surface area (Å²) in [5, 5.41) is 2.08. The number of thiophene rings is 1. The van der Waals surface area contributed by atoms with E-state index in [-0.39, 0.29) is 11.7 Å². The topological polar surface area (TPSA) is 20.3 Å². The Morgan fingerprint density at radius 2 is 2.05 bits per heavy atom. The van der Waals surface area contributed by atoms with Gasteiger partial charge in [-0.2, -0.15) is 0 Å². The Balaban J connectivity index is 1.45. The summed E-state index contributed by atoms with van der Waals surface area (Å²) >= 11 is 1.76. The van der Waals surface area contributed by atoms with Gasteiger partial charge in [-0.3, -0.25) is 4.79 Å². The number of carbonyl (C=O) groups is 1. The van der Waals surface area contributed by atoms with Gasteiger partial charge in [-0.1, -0.05) is 18.2 Å². The van der Waals surface area contributed by atoms with Crippen LogP contribution in [-0.4, -0.2) is 23.9 Å². The van der Waals surface area contributed by atoms with Gasteiger partial charge < -0.3 is 4.90 Å². The highest BCUT2D eigenvalue weighted by Gasteiger charge is 2.36. The van der Waals surface area contributed by atoms with Crippen LogP contribution in [0.5, 0.6) is 0 Å². The summed E-state index contributed by atoms with van der Waals surface area (Å²) in [4.78, 5) is 15.8. The van der Waals surface area contributed by atoms with E-state index in [1.54, 1.807) is 22.3 Å². The first kappa shape index (κ1) is 13.9. The SMILES string of the molecule is O=C(c1c(F)cccc1C1CC1)N1CC(Cc2cccs2)C1. The highest BCUT2D eigenvalue weighted by atomic mass is 32.1. The highest BCUT2D eigenvalue weighted by molar-refractivity contribution is 7.09. The number of hydrogen-bond acceptors (Lipinski definition) is 2. The zero-order chi connectivity index (χ0) is 15.1. The molecule has 4 heteroatoms. The second-order valence-corrected chi connectivity index (χ2v) is 7.37. The van der Waals surface area contributed by atoms with E-state index in [9.17, 15) is 9.18 Å². The molecule has 2 fully saturated rings. The van der Waals surface area contributed by atoms with Crippen molar-refractivity contribution in [2.24, 2.45) is 5.92 Å². The Labute approximate surface area is 133 Å². The van der Waals surface area contributed by atoms with E-state index in [4.69, 9.17) is 0 Å². The first-order valence-corrected chi connectivity index (χ1v) is 8.70. The molecule has 1 aromatic heterocycles. The van der Waals surface area contributed by atoms with Crippen molar-refractivity contribution in [1.29, 1.82) is 0 Å². The molecule has 2 aromatic rings. The van der Waals surface area contributed by atoms with Crippen LogP contribution in [0, 0.1) is 11.7 Å². The summed E-state index contributed by atoms with van der Waals surface area (Å²) in [7, 11) is 0. The molecule has 0 bridgehead atoms. The smallest absolute Gasteiger partial charge is 0.257 e. The van der Waals surface area contributed by atoms with E-state index in [2.05, 4.69) is 17.5 Å². The maximum atomic E-state index is 14.2. The van der Waals surface area contributed by atoms with Gasteiger partial charge in [0.15, 0.2) is 0 Å². The number of nitrogens with zero attached hydrogens (tertiary/aromatic N) is 1. The summed E-state index contributed by atoms with van der Waals surface area (Å²) in [5.74, 6) is 0.412. The molecule has 1 aliphatic heterocycles. The van der Waals surface area contributed by atoms with Crippen LogP contribution in [0.4, 0.5) is 4.39 Å². The Morgan fingerprint density at radius 1 is 1.23 bits per heavy atom. The van der Waals surface area contributed by atoms with Crippen molar-refractivity contribution in [3.8, 4) is 0 Å². The number of benzene rings is 1. The van der Waals surface area contributed by atoms with Gasteiger partial charge in [0.25, 0.3) is 5.91 Å². The molecule has 0 spiro atoms. The molecule has 0 N–H and O–H groups in total. The van der Waals surface area contributed by atoms with Crippen molar-refractivity contribution in [3.05, 3.63) is 57.5 Å². The number of hydrogen-bond donors (Lipinski definition) is 0. The van der Waals surface area contributed by atoms with Gasteiger partial charge in [0.1, 0.15) is 5.82 Å². The number of halogens is 1. The average Bonchev–Trinajstić information content (AvgIpc) is 3.19. The first-order valence-electron chi connectivity index (χ1n) is 7.82. The largest absolute Gasteiger partial charge is 0.338 e. The predicted molar refractivity (Wildman–Crippen MR) is 85.8 cm³/mol. The first-order chi connectivity index (χ1) is 10.7. The number of likely N-dealkylation sites (tertiary alicyclic amines) is 1. The average molecular weight is 315 g/mol. The van der Waals surface area contributed by atoms with Gasteiger partial charge in [0.05, 0.1) is 5.56 Å². The van der Waals surface area contributed by atoms with Gasteiger partial charge in [-0.05, 0) is 54.2 Å². The molecule has 2 aliphatic rings. The molecular formula is C18H18FNOS. The molecule has 1 amide bonds. The maximum Gasteiger partial charge on any atom is 0.257 e. The van der Waals surface area contributed by atoms with E-state index >= 15 is 0 Å². The minimum atomic E-state index is -0.365. The molecule has 1 saturated heterocycles. The Kier molecular flexibility index (Phi) is 3.49. The van der Waals surface area contributed by atoms with E-state index in [0.29, 0.717) is 17.4 Å². The summed E-state index contributed by atoms with van der Waals surface area (Å²) in [6.45, 7) is 1.49. The Bertz CT molecular complexity index is 687. The third-order valence-electron chi connectivity index (χ3n) is 4.59. The van der Waals surface area contributed by atoms with Gasteiger partial charge in [0, 0.05) is 18.0 Å². The van der Waals surface area contributed by atoms with E-state index in [1.165, 1.54) is 10.9 Å². The third-order valence-corrected chi connectivity index (χ3v) is 5.49. The quantitative estimate of drug-likeness (QED) is 0.832. The second-order valence-electron chi connectivity index (χ2n) is 6.34. The lowest BCUT2D eigenvalue weighted by Crippen LogP contribution is -2.51. The molecule has 2 nitrogen and oxygen atoms in total. The van der Waals surface area contributed by atoms with Crippen LogP contribution in [0.2, 0.25) is 0 Å². The molecule has 0 atom stereocenters. The minimum absolute atomic E-state index is 0.123. The van der Waals surface area contributed by atoms with Crippen molar-refractivity contribution >= 4 is 17.2 Å². The van der Waals surface area contributed by atoms with Crippen molar-refractivity contribution in [2.45, 2.75) is 25.2 Å². The Hall–Kier alpha value is -1.68. The van der Waals surface area contributed by atoms with Crippen LogP contribution in [0.15, 0.2) is 35.7 Å². The van der Waals surface area contributed by atoms with Crippen molar-refractivity contribution in [2.75, 3.05) is 13.1 Å². The third kappa shape index (κ3) is 2.56. The van der Waals surface area contributed by atoms with Crippen LogP contribution in [-0.2, 0) is 6.42 Å². The Morgan fingerprint density at radius 3 is 2.73 bits per heavy atom. The fraction of sp³-hybridized carbons (Fsp3) is 0.389. The number of carbonyl (C=O) groups excluding carboxylic acids is 1. The number of amides is 1. The molecule has 1 aliphatic carbocycles. The van der Waals surface area contributed by atoms with Crippen molar-refractivity contribution in [1.82, 2.24) is 4.90 Å². The molecule has 0 radical (unpaired) electrons. The van der Waals surface area contributed by atoms with E-state index in [1.807, 2.05) is 6.07 Å². The summed E-state index contributed by atoms with van der Waals surface area (Å²) in [6, 6.07) is 9.23. The molecule has 114 valence electrons. The standard InChI is InChI=1S/C18H18FNOS/c19-16-5-1-4-15(13-6-7-13)17(16)18(21)20-10-12(11-20)9-14-3-2-8-22-14/h1-5,8,12-13H,6-7,9-11H2. The molecule has 1 aromatic carbocycles. The summed E-state index contributed by atoms with van der Waals surface area (Å²) < 4.78 is 14.2. The zero-order valence-electron chi connectivity index (χ0n) is 12.3. The van der Waals surface area contributed by atoms with Gasteiger partial charge >= 0.3 is 0 Å². The van der Waals surface area contributed by atoms with Crippen LogP contribution in [0.1, 0.15) is 39.6 Å². The molecule has 1 saturated carbocycles. The lowest BCUT2D eigenvalue weighted by atomic mass is 9.93. The van der Waals surface area contributed by atoms with Gasteiger partial charge in [-0.15, -0.1) is 11.3 Å². The fourth-order valence-corrected chi connectivity index (χ4v) is 4.06. The summed E-state index contributed by atoms with van der Waals surface area (Å²) in [5.41, 5.74) is 1.23. The molecular weight excluding hydrogens is 297 g/mol. The fourth-order valence-electron chi connectivity index (χ4n) is 3.24. The van der Waals surface area contributed by atoms with E-state index in [0.717, 1.165) is 37.9 Å². The molecule has 22 heavy (non-hydrogen) atoms. The van der Waals surface area contributed by atoms with Crippen LogP contribution < -0.4 is 0 Å². The molecule has 4 rings (SSSR count). The van der Waals surface area contributed by atoms with Crippen LogP contribution in [0.25, 0.3) is 0 Å². The van der Waals surface area contributed by atoms with Gasteiger partial charge in [-0.25, -0.2) is 4.39 Å². The highest BCUT2D eigenvalue weighted by Crippen LogP contribution is 2.42. The number of rotatable bonds is 4. The van der Waals surface area contributed by atoms with Crippen molar-refractivity contribution < 1.29 is 9.18 Å². The monoisotopic (exact) mass is 315 g/mol. The van der Waals surface area contributed by atoms with Gasteiger partial charge in [0.2, 0.25) is 0 Å². The summed E-state index contributed by atoms with van der Waals surface area (Å²) in [6.07, 6.45) is 3.17. The lowest BCUT2D eigenvalue weighted by Gasteiger charge is -2.39. The second kappa shape index (κ2) is 5.51. The lowest BCUT2D eigenvalue weighted by molar-refractivity contribution is 0.0496. The zero-order valence-corrected chi connectivity index (χ0v) is 13.1. The normalized spacial score (nSPS) is 18.3. The van der Waals surface area contributed by atoms with Crippen molar-refractivity contribution in [3.63, 3.8) is 0 Å². The van der Waals surface area contributed by atoms with Crippen LogP contribution >= 0.6 is 11.3 Å². The molecule has 0 unspecified atom stereocenters. The minimum Gasteiger partial charge on any atom is -0.338 e. The molecule has 2 heterocycles. The van der Waals surface area contributed by atoms with E-state index < -0.39 is 0 Å². The maximum absolute atomic E-state index is 14.2. The predicted octanol–water partition coefficient (Wildman–Crippen LogP) is 4.08.